The fourth-order valence-electron chi connectivity index (χ4n) is 2.20. The van der Waals surface area contributed by atoms with E-state index >= 15 is 0 Å². The first-order valence-electron chi connectivity index (χ1n) is 6.58. The maximum absolute atomic E-state index is 3.48. The highest BCUT2D eigenvalue weighted by molar-refractivity contribution is 5.51. The van der Waals surface area contributed by atoms with Crippen LogP contribution in [0.15, 0.2) is 30.3 Å². The molecule has 1 N–H and O–H groups in total. The lowest BCUT2D eigenvalue weighted by Crippen LogP contribution is -2.17. The van der Waals surface area contributed by atoms with Crippen molar-refractivity contribution in [1.29, 1.82) is 0 Å². The largest absolute Gasteiger partial charge is 0.311 e. The summed E-state index contributed by atoms with van der Waals surface area (Å²) in [6.45, 7) is 7.92. The zero-order valence-electron chi connectivity index (χ0n) is 11.2. The molecule has 92 valence electrons. The Morgan fingerprint density at radius 1 is 1.18 bits per heavy atom. The zero-order chi connectivity index (χ0) is 12.3. The molecule has 0 amide bonds. The van der Waals surface area contributed by atoms with Crippen LogP contribution in [0.5, 0.6) is 0 Å². The molecule has 0 bridgehead atoms. The van der Waals surface area contributed by atoms with Crippen molar-refractivity contribution in [2.75, 3.05) is 6.54 Å². The van der Waals surface area contributed by atoms with Crippen LogP contribution >= 0.6 is 0 Å². The van der Waals surface area contributed by atoms with E-state index in [2.05, 4.69) is 62.5 Å². The molecular formula is C16H23N. The Morgan fingerprint density at radius 2 is 1.88 bits per heavy atom. The van der Waals surface area contributed by atoms with Crippen LogP contribution in [-0.2, 0) is 5.41 Å². The van der Waals surface area contributed by atoms with Crippen molar-refractivity contribution in [1.82, 2.24) is 5.32 Å². The average Bonchev–Trinajstić information content (AvgIpc) is 2.78. The third-order valence-corrected chi connectivity index (χ3v) is 3.40. The summed E-state index contributed by atoms with van der Waals surface area (Å²) in [4.78, 5) is 0. The molecule has 0 radical (unpaired) electrons. The van der Waals surface area contributed by atoms with E-state index in [4.69, 9.17) is 0 Å². The third-order valence-electron chi connectivity index (χ3n) is 3.40. The molecule has 1 nitrogen and oxygen atoms in total. The lowest BCUT2D eigenvalue weighted by atomic mass is 9.87. The SMILES string of the molecule is CC(C)(C)c1ccc(/C=C/C2CCCN2)cc1. The van der Waals surface area contributed by atoms with Gasteiger partial charge in [0.1, 0.15) is 0 Å². The van der Waals surface area contributed by atoms with Crippen LogP contribution in [-0.4, -0.2) is 12.6 Å². The van der Waals surface area contributed by atoms with Crippen LogP contribution in [0.4, 0.5) is 0 Å². The summed E-state index contributed by atoms with van der Waals surface area (Å²) in [5.41, 5.74) is 2.94. The maximum Gasteiger partial charge on any atom is 0.0253 e. The van der Waals surface area contributed by atoms with E-state index in [-0.39, 0.29) is 5.41 Å². The van der Waals surface area contributed by atoms with Gasteiger partial charge in [0.25, 0.3) is 0 Å². The van der Waals surface area contributed by atoms with Crippen molar-refractivity contribution >= 4 is 6.08 Å². The van der Waals surface area contributed by atoms with Crippen molar-refractivity contribution in [2.45, 2.75) is 45.1 Å². The highest BCUT2D eigenvalue weighted by Gasteiger charge is 2.12. The van der Waals surface area contributed by atoms with Crippen LogP contribution in [0.2, 0.25) is 0 Å². The molecule has 1 heteroatoms. The molecular weight excluding hydrogens is 206 g/mol. The smallest absolute Gasteiger partial charge is 0.0253 e. The van der Waals surface area contributed by atoms with Crippen molar-refractivity contribution in [3.63, 3.8) is 0 Å². The van der Waals surface area contributed by atoms with Gasteiger partial charge in [-0.1, -0.05) is 57.2 Å². The average molecular weight is 229 g/mol. The van der Waals surface area contributed by atoms with Crippen molar-refractivity contribution in [3.8, 4) is 0 Å². The molecule has 1 saturated heterocycles. The van der Waals surface area contributed by atoms with E-state index in [0.29, 0.717) is 6.04 Å². The van der Waals surface area contributed by atoms with Crippen LogP contribution in [0.3, 0.4) is 0 Å². The van der Waals surface area contributed by atoms with E-state index in [1.54, 1.807) is 0 Å². The highest BCUT2D eigenvalue weighted by atomic mass is 14.9. The number of hydrogen-bond acceptors (Lipinski definition) is 1. The maximum atomic E-state index is 3.48. The fourth-order valence-corrected chi connectivity index (χ4v) is 2.20. The summed E-state index contributed by atoms with van der Waals surface area (Å²) in [5, 5.41) is 3.48. The minimum Gasteiger partial charge on any atom is -0.311 e. The van der Waals surface area contributed by atoms with Gasteiger partial charge in [-0.15, -0.1) is 0 Å². The second-order valence-corrected chi connectivity index (χ2v) is 5.93. The van der Waals surface area contributed by atoms with Crippen molar-refractivity contribution < 1.29 is 0 Å². The van der Waals surface area contributed by atoms with Gasteiger partial charge in [0.2, 0.25) is 0 Å². The Balaban J connectivity index is 2.02. The predicted octanol–water partition coefficient (Wildman–Crippen LogP) is 3.75. The standard InChI is InChI=1S/C16H23N/c1-16(2,3)14-9-6-13(7-10-14)8-11-15-5-4-12-17-15/h6-11,15,17H,4-5,12H2,1-3H3/b11-8+. The third kappa shape index (κ3) is 3.44. The molecule has 2 rings (SSSR count). The second-order valence-electron chi connectivity index (χ2n) is 5.93. The molecule has 1 aliphatic rings. The van der Waals surface area contributed by atoms with Gasteiger partial charge in [0.05, 0.1) is 0 Å². The van der Waals surface area contributed by atoms with Gasteiger partial charge in [-0.2, -0.15) is 0 Å². The summed E-state index contributed by atoms with van der Waals surface area (Å²) in [6, 6.07) is 9.49. The topological polar surface area (TPSA) is 12.0 Å². The van der Waals surface area contributed by atoms with Gasteiger partial charge >= 0.3 is 0 Å². The van der Waals surface area contributed by atoms with Gasteiger partial charge in [0.15, 0.2) is 0 Å². The molecule has 0 saturated carbocycles. The van der Waals surface area contributed by atoms with E-state index in [1.165, 1.54) is 24.0 Å². The number of nitrogens with one attached hydrogen (secondary N) is 1. The summed E-state index contributed by atoms with van der Waals surface area (Å²) >= 11 is 0. The molecule has 1 fully saturated rings. The Kier molecular flexibility index (Phi) is 3.68. The number of rotatable bonds is 2. The van der Waals surface area contributed by atoms with Gasteiger partial charge in [-0.3, -0.25) is 0 Å². The summed E-state index contributed by atoms with van der Waals surface area (Å²) in [5.74, 6) is 0. The van der Waals surface area contributed by atoms with Crippen molar-refractivity contribution in [3.05, 3.63) is 41.5 Å². The molecule has 17 heavy (non-hydrogen) atoms. The Labute approximate surface area is 105 Å². The number of hydrogen-bond donors (Lipinski definition) is 1. The molecule has 0 aliphatic carbocycles. The lowest BCUT2D eigenvalue weighted by Gasteiger charge is -2.18. The van der Waals surface area contributed by atoms with E-state index in [9.17, 15) is 0 Å². The van der Waals surface area contributed by atoms with Crippen molar-refractivity contribution in [2.24, 2.45) is 0 Å². The zero-order valence-corrected chi connectivity index (χ0v) is 11.2. The fraction of sp³-hybridized carbons (Fsp3) is 0.500. The van der Waals surface area contributed by atoms with Gasteiger partial charge in [-0.05, 0) is 35.9 Å². The highest BCUT2D eigenvalue weighted by Crippen LogP contribution is 2.22. The number of benzene rings is 1. The first-order valence-corrected chi connectivity index (χ1v) is 6.58. The Hall–Kier alpha value is -1.08. The molecule has 0 aromatic heterocycles. The predicted molar refractivity (Wildman–Crippen MR) is 75.2 cm³/mol. The first-order chi connectivity index (χ1) is 8.05. The van der Waals surface area contributed by atoms with Gasteiger partial charge in [0, 0.05) is 6.04 Å². The minimum absolute atomic E-state index is 0.245. The van der Waals surface area contributed by atoms with Gasteiger partial charge in [-0.25, -0.2) is 0 Å². The molecule has 0 spiro atoms. The Bertz CT molecular complexity index is 375. The van der Waals surface area contributed by atoms with Crippen LogP contribution in [0.25, 0.3) is 6.08 Å². The van der Waals surface area contributed by atoms with Crippen LogP contribution in [0, 0.1) is 0 Å². The minimum atomic E-state index is 0.245. The summed E-state index contributed by atoms with van der Waals surface area (Å²) < 4.78 is 0. The monoisotopic (exact) mass is 229 g/mol. The normalized spacial score (nSPS) is 21.2. The quantitative estimate of drug-likeness (QED) is 0.814. The molecule has 1 aliphatic heterocycles. The van der Waals surface area contributed by atoms with Crippen LogP contribution < -0.4 is 5.32 Å². The molecule has 1 heterocycles. The van der Waals surface area contributed by atoms with E-state index < -0.39 is 0 Å². The van der Waals surface area contributed by atoms with E-state index in [1.807, 2.05) is 0 Å². The van der Waals surface area contributed by atoms with Gasteiger partial charge < -0.3 is 5.32 Å². The molecule has 1 aromatic carbocycles. The van der Waals surface area contributed by atoms with E-state index in [0.717, 1.165) is 6.54 Å². The molecule has 1 atom stereocenters. The lowest BCUT2D eigenvalue weighted by molar-refractivity contribution is 0.590. The summed E-state index contributed by atoms with van der Waals surface area (Å²) in [6.07, 6.45) is 7.10. The first kappa shape index (κ1) is 12.4. The molecule has 1 aromatic rings. The summed E-state index contributed by atoms with van der Waals surface area (Å²) in [7, 11) is 0. The Morgan fingerprint density at radius 3 is 2.41 bits per heavy atom. The second kappa shape index (κ2) is 5.05. The molecule has 1 unspecified atom stereocenters. The van der Waals surface area contributed by atoms with Crippen LogP contribution in [0.1, 0.15) is 44.7 Å².